The molecule has 1 saturated carbocycles. The number of hydrogen-bond acceptors (Lipinski definition) is 11. The first-order valence-corrected chi connectivity index (χ1v) is 39.6. The summed E-state index contributed by atoms with van der Waals surface area (Å²) < 4.78 is 26.8. The van der Waals surface area contributed by atoms with Gasteiger partial charge in [0.15, 0.2) is 0 Å². The van der Waals surface area contributed by atoms with E-state index in [-0.39, 0.29) is 59.0 Å². The zero-order valence-corrected chi connectivity index (χ0v) is 61.9. The molecule has 538 valence electrons. The van der Waals surface area contributed by atoms with Gasteiger partial charge < -0.3 is 28.5 Å². The highest BCUT2D eigenvalue weighted by Crippen LogP contribution is 2.36. The van der Waals surface area contributed by atoms with E-state index >= 15 is 0 Å². The van der Waals surface area contributed by atoms with E-state index in [4.69, 9.17) is 23.7 Å². The molecule has 5 heterocycles. The second-order valence-corrected chi connectivity index (χ2v) is 29.2. The van der Waals surface area contributed by atoms with Gasteiger partial charge in [-0.05, 0) is 142 Å². The number of carbonyl (C=O) groups is 6. The summed E-state index contributed by atoms with van der Waals surface area (Å²) in [5.74, 6) is 2.18. The maximum Gasteiger partial charge on any atom is 0.306 e. The molecule has 0 spiro atoms. The van der Waals surface area contributed by atoms with Crippen LogP contribution in [-0.4, -0.2) is 65.0 Å². The lowest BCUT2D eigenvalue weighted by Crippen LogP contribution is -2.23. The predicted molar refractivity (Wildman–Crippen MR) is 383 cm³/mol. The van der Waals surface area contributed by atoms with Crippen molar-refractivity contribution in [3.8, 4) is 0 Å². The summed E-state index contributed by atoms with van der Waals surface area (Å²) in [5, 5.41) is 0. The van der Waals surface area contributed by atoms with Crippen LogP contribution in [0.25, 0.3) is 0 Å². The number of esters is 4. The Kier molecular flexibility index (Phi) is 54.7. The molecule has 92 heavy (non-hydrogen) atoms. The Hall–Kier alpha value is -3.24. The molecule has 6 rings (SSSR count). The van der Waals surface area contributed by atoms with E-state index in [0.717, 1.165) is 89.2 Å². The molecule has 0 aromatic carbocycles. The molecule has 0 amide bonds. The average molecular weight is 1300 g/mol. The number of rotatable bonds is 45. The molecule has 7 unspecified atom stereocenters. The van der Waals surface area contributed by atoms with Crippen LogP contribution < -0.4 is 0 Å². The van der Waals surface area contributed by atoms with Gasteiger partial charge in [-0.1, -0.05) is 254 Å². The SMILES string of the molecule is C=C1CCC(CCCCCCCCCC)O1.CCCCCC1C(=O)CCC1CC(C)=O.CCCCCCCCC1(C)CCC(=O)O1.CCCCCCCCC1CCC(=O)O1.CCCCCCCCCC1(C)CCC(=O)O1.CCCCCCCCCC1CCCC(=O)O1. The maximum atomic E-state index is 11.6. The third kappa shape index (κ3) is 48.5. The van der Waals surface area contributed by atoms with Gasteiger partial charge in [-0.3, -0.25) is 24.0 Å². The highest BCUT2D eigenvalue weighted by molar-refractivity contribution is 5.85. The largest absolute Gasteiger partial charge is 0.495 e. The lowest BCUT2D eigenvalue weighted by Gasteiger charge is -2.22. The number of unbranched alkanes of at least 4 members (excludes halogenated alkanes) is 31. The summed E-state index contributed by atoms with van der Waals surface area (Å²) in [6, 6.07) is 0. The van der Waals surface area contributed by atoms with Gasteiger partial charge >= 0.3 is 23.9 Å². The van der Waals surface area contributed by atoms with Crippen LogP contribution in [0.15, 0.2) is 12.3 Å². The van der Waals surface area contributed by atoms with Crippen molar-refractivity contribution in [3.63, 3.8) is 0 Å². The molecule has 6 fully saturated rings. The van der Waals surface area contributed by atoms with Crippen LogP contribution in [0.2, 0.25) is 0 Å². The first-order valence-electron chi connectivity index (χ1n) is 39.6. The molecule has 0 aromatic rings. The number of Topliss-reactive ketones (excluding diaryl/α,β-unsaturated/α-hetero) is 2. The fraction of sp³-hybridized carbons (Fsp3) is 0.901. The predicted octanol–water partition coefficient (Wildman–Crippen LogP) is 24.1. The molecule has 7 atom stereocenters. The van der Waals surface area contributed by atoms with Crippen molar-refractivity contribution in [2.75, 3.05) is 0 Å². The smallest absolute Gasteiger partial charge is 0.306 e. The van der Waals surface area contributed by atoms with Crippen LogP contribution in [0.5, 0.6) is 0 Å². The summed E-state index contributed by atoms with van der Waals surface area (Å²) in [7, 11) is 0. The van der Waals surface area contributed by atoms with Gasteiger partial charge in [0.1, 0.15) is 35.0 Å². The normalized spacial score (nSPS) is 23.0. The summed E-state index contributed by atoms with van der Waals surface area (Å²) in [6.07, 6.45) is 68.5. The van der Waals surface area contributed by atoms with Gasteiger partial charge in [0, 0.05) is 50.9 Å². The molecule has 0 bridgehead atoms. The van der Waals surface area contributed by atoms with Crippen molar-refractivity contribution in [2.45, 2.75) is 458 Å². The fourth-order valence-electron chi connectivity index (χ4n) is 13.8. The Balaban J connectivity index is 0.000000552. The quantitative estimate of drug-likeness (QED) is 0.0326. The highest BCUT2D eigenvalue weighted by atomic mass is 16.6. The van der Waals surface area contributed by atoms with Crippen LogP contribution in [0, 0.1) is 11.8 Å². The number of allylic oxidation sites excluding steroid dienone is 1. The van der Waals surface area contributed by atoms with Crippen molar-refractivity contribution in [1.29, 1.82) is 0 Å². The van der Waals surface area contributed by atoms with Gasteiger partial charge in [0.2, 0.25) is 0 Å². The Morgan fingerprint density at radius 3 is 1.07 bits per heavy atom. The fourth-order valence-corrected chi connectivity index (χ4v) is 13.8. The average Bonchev–Trinajstić information content (AvgIpc) is 3.03. The van der Waals surface area contributed by atoms with Gasteiger partial charge in [-0.15, -0.1) is 0 Å². The maximum absolute atomic E-state index is 11.6. The van der Waals surface area contributed by atoms with Crippen LogP contribution in [0.3, 0.4) is 0 Å². The van der Waals surface area contributed by atoms with E-state index < -0.39 is 0 Å². The van der Waals surface area contributed by atoms with E-state index in [0.29, 0.717) is 56.3 Å². The molecule has 11 heteroatoms. The third-order valence-electron chi connectivity index (χ3n) is 19.9. The minimum absolute atomic E-state index is 0.000910. The molecule has 0 radical (unpaired) electrons. The number of carbonyl (C=O) groups excluding carboxylic acids is 6. The number of hydrogen-bond donors (Lipinski definition) is 0. The van der Waals surface area contributed by atoms with Crippen LogP contribution >= 0.6 is 0 Å². The van der Waals surface area contributed by atoms with Crippen molar-refractivity contribution in [3.05, 3.63) is 12.3 Å². The molecule has 0 N–H and O–H groups in total. The lowest BCUT2D eigenvalue weighted by molar-refractivity contribution is -0.154. The molecule has 6 aliphatic rings. The monoisotopic (exact) mass is 1300 g/mol. The molecular weight excluding hydrogens is 1150 g/mol. The van der Waals surface area contributed by atoms with Crippen molar-refractivity contribution < 1.29 is 52.5 Å². The van der Waals surface area contributed by atoms with E-state index in [1.807, 2.05) is 0 Å². The van der Waals surface area contributed by atoms with Crippen molar-refractivity contribution >= 4 is 35.4 Å². The summed E-state index contributed by atoms with van der Waals surface area (Å²) >= 11 is 0. The molecule has 5 aliphatic heterocycles. The molecule has 5 saturated heterocycles. The van der Waals surface area contributed by atoms with Crippen LogP contribution in [0.4, 0.5) is 0 Å². The highest BCUT2D eigenvalue weighted by Gasteiger charge is 2.37. The second-order valence-electron chi connectivity index (χ2n) is 29.2. The zero-order chi connectivity index (χ0) is 67.8. The number of ketones is 2. The van der Waals surface area contributed by atoms with Crippen molar-refractivity contribution in [2.24, 2.45) is 11.8 Å². The second kappa shape index (κ2) is 58.0. The van der Waals surface area contributed by atoms with Crippen LogP contribution in [0.1, 0.15) is 428 Å². The number of cyclic esters (lactones) is 4. The Morgan fingerprint density at radius 2 is 0.717 bits per heavy atom. The molecule has 0 aromatic heterocycles. The zero-order valence-electron chi connectivity index (χ0n) is 61.9. The first kappa shape index (κ1) is 86.8. The third-order valence-corrected chi connectivity index (χ3v) is 19.9. The molecular formula is C81H148O11. The van der Waals surface area contributed by atoms with Crippen molar-refractivity contribution in [1.82, 2.24) is 0 Å². The van der Waals surface area contributed by atoms with E-state index in [1.54, 1.807) is 6.92 Å². The first-order chi connectivity index (χ1) is 44.4. The minimum Gasteiger partial charge on any atom is -0.495 e. The van der Waals surface area contributed by atoms with Gasteiger partial charge in [-0.2, -0.15) is 0 Å². The Morgan fingerprint density at radius 1 is 0.380 bits per heavy atom. The van der Waals surface area contributed by atoms with Gasteiger partial charge in [0.05, 0.1) is 11.9 Å². The van der Waals surface area contributed by atoms with Crippen LogP contribution in [-0.2, 0) is 52.5 Å². The van der Waals surface area contributed by atoms with Gasteiger partial charge in [0.25, 0.3) is 0 Å². The van der Waals surface area contributed by atoms with E-state index in [1.165, 1.54) is 244 Å². The Bertz CT molecular complexity index is 1860. The molecule has 1 aliphatic carbocycles. The Labute approximate surface area is 567 Å². The lowest BCUT2D eigenvalue weighted by atomic mass is 9.87. The van der Waals surface area contributed by atoms with E-state index in [9.17, 15) is 28.8 Å². The summed E-state index contributed by atoms with van der Waals surface area (Å²) in [4.78, 5) is 66.6. The molecule has 11 nitrogen and oxygen atoms in total. The van der Waals surface area contributed by atoms with E-state index in [2.05, 4.69) is 62.0 Å². The standard InChI is InChI=1S/C15H28O.2C14H26O2.C13H22O2.C13H24O2.C12H22O2/c1-3-4-5-6-7-8-9-10-11-15-13-12-14(2)16-15;1-3-4-5-6-7-8-9-11-14(2)12-10-13(15)16-14;1-2-3-4-5-6-7-8-10-13-11-9-12-14(15)16-13;1-3-4-5-6-12-11(9-10(2)14)7-8-13(12)15;1-3-4-5-6-7-8-10-13(2)11-9-12(14)15-13;1-2-3-4-5-6-7-8-11-9-10-12(13)14-11/h15H,2-13H2,1H3;3-12H2,1-2H3;13H,2-12H2,1H3;11-12H,3-9H2,1-2H3;3-11H2,1-2H3;11H,2-10H2,1H3. The minimum atomic E-state index is -0.138. The van der Waals surface area contributed by atoms with Gasteiger partial charge in [-0.25, -0.2) is 0 Å². The summed E-state index contributed by atoms with van der Waals surface area (Å²) in [5.41, 5.74) is -0.275. The summed E-state index contributed by atoms with van der Waals surface area (Å²) in [6.45, 7) is 23.1. The topological polar surface area (TPSA) is 149 Å². The number of ether oxygens (including phenoxy) is 5.